The fourth-order valence-corrected chi connectivity index (χ4v) is 3.87. The number of nitrogens with one attached hydrogen (secondary N) is 1. The van der Waals surface area contributed by atoms with Gasteiger partial charge in [-0.1, -0.05) is 38.1 Å². The van der Waals surface area contributed by atoms with E-state index in [2.05, 4.69) is 81.0 Å². The second kappa shape index (κ2) is 11.5. The van der Waals surface area contributed by atoms with Crippen LogP contribution in [0.3, 0.4) is 0 Å². The Kier molecular flexibility index (Phi) is 9.42. The van der Waals surface area contributed by atoms with E-state index in [-0.39, 0.29) is 24.0 Å². The van der Waals surface area contributed by atoms with Gasteiger partial charge in [0, 0.05) is 45.6 Å². The third-order valence-electron chi connectivity index (χ3n) is 5.77. The molecule has 0 aliphatic carbocycles. The lowest BCUT2D eigenvalue weighted by atomic mass is 9.93. The number of benzene rings is 1. The van der Waals surface area contributed by atoms with E-state index >= 15 is 0 Å². The molecule has 7 heteroatoms. The molecule has 1 aliphatic rings. The van der Waals surface area contributed by atoms with E-state index in [9.17, 15) is 0 Å². The van der Waals surface area contributed by atoms with Gasteiger partial charge in [0.15, 0.2) is 5.96 Å². The SMILES string of the molecule is CCN(C)Cc1cccc(CNC(=NC)N2CCC(C)C(n3ccnc3)C2)c1.I. The highest BCUT2D eigenvalue weighted by atomic mass is 127. The Hall–Kier alpha value is -1.61. The Balaban J connectivity index is 0.00000300. The molecule has 2 unspecified atom stereocenters. The summed E-state index contributed by atoms with van der Waals surface area (Å²) in [5.74, 6) is 1.61. The highest BCUT2D eigenvalue weighted by Crippen LogP contribution is 2.27. The molecule has 1 aromatic heterocycles. The Bertz CT molecular complexity index is 760. The summed E-state index contributed by atoms with van der Waals surface area (Å²) in [5, 5.41) is 3.57. The smallest absolute Gasteiger partial charge is 0.193 e. The van der Waals surface area contributed by atoms with Crippen molar-refractivity contribution in [1.82, 2.24) is 24.7 Å². The number of aliphatic imine (C=N–C) groups is 1. The number of halogens is 1. The molecule has 1 aromatic carbocycles. The lowest BCUT2D eigenvalue weighted by Crippen LogP contribution is -2.48. The normalized spacial score (nSPS) is 19.9. The number of hydrogen-bond acceptors (Lipinski definition) is 3. The zero-order valence-electron chi connectivity index (χ0n) is 18.1. The van der Waals surface area contributed by atoms with Crippen molar-refractivity contribution in [3.63, 3.8) is 0 Å². The second-order valence-corrected chi connectivity index (χ2v) is 7.84. The summed E-state index contributed by atoms with van der Waals surface area (Å²) in [6, 6.07) is 9.26. The van der Waals surface area contributed by atoms with Crippen molar-refractivity contribution in [1.29, 1.82) is 0 Å². The van der Waals surface area contributed by atoms with Gasteiger partial charge in [-0.15, -0.1) is 24.0 Å². The summed E-state index contributed by atoms with van der Waals surface area (Å²) in [4.78, 5) is 13.5. The van der Waals surface area contributed by atoms with Gasteiger partial charge in [-0.2, -0.15) is 0 Å². The lowest BCUT2D eigenvalue weighted by molar-refractivity contribution is 0.189. The number of hydrogen-bond donors (Lipinski definition) is 1. The molecule has 0 spiro atoms. The first-order chi connectivity index (χ1) is 13.6. The quantitative estimate of drug-likeness (QED) is 0.367. The summed E-state index contributed by atoms with van der Waals surface area (Å²) in [6.45, 7) is 9.34. The molecule has 3 rings (SSSR count). The third kappa shape index (κ3) is 6.44. The molecule has 0 saturated carbocycles. The lowest BCUT2D eigenvalue weighted by Gasteiger charge is -2.39. The van der Waals surface area contributed by atoms with Crippen molar-refractivity contribution >= 4 is 29.9 Å². The summed E-state index contributed by atoms with van der Waals surface area (Å²) < 4.78 is 2.23. The summed E-state index contributed by atoms with van der Waals surface area (Å²) in [6.07, 6.45) is 7.02. The minimum atomic E-state index is 0. The first kappa shape index (κ1) is 23.7. The first-order valence-corrected chi connectivity index (χ1v) is 10.3. The van der Waals surface area contributed by atoms with Gasteiger partial charge in [0.05, 0.1) is 12.4 Å². The van der Waals surface area contributed by atoms with E-state index in [4.69, 9.17) is 0 Å². The standard InChI is InChI=1S/C22H34N6.HI/c1-5-26(4)15-20-8-6-7-19(13-20)14-25-22(23-3)27-11-9-18(2)21(16-27)28-12-10-24-17-28;/h6-8,10,12-13,17-18,21H,5,9,11,14-16H2,1-4H3,(H,23,25);1H. The molecular formula is C22H35IN6. The van der Waals surface area contributed by atoms with Crippen LogP contribution < -0.4 is 5.32 Å². The van der Waals surface area contributed by atoms with Gasteiger partial charge < -0.3 is 19.7 Å². The Morgan fingerprint density at radius 2 is 2.14 bits per heavy atom. The highest BCUT2D eigenvalue weighted by Gasteiger charge is 2.28. The van der Waals surface area contributed by atoms with Crippen molar-refractivity contribution < 1.29 is 0 Å². The van der Waals surface area contributed by atoms with Crippen LogP contribution in [0.4, 0.5) is 0 Å². The van der Waals surface area contributed by atoms with Gasteiger partial charge in [0.2, 0.25) is 0 Å². The second-order valence-electron chi connectivity index (χ2n) is 7.84. The van der Waals surface area contributed by atoms with Gasteiger partial charge in [-0.3, -0.25) is 4.99 Å². The van der Waals surface area contributed by atoms with Crippen molar-refractivity contribution in [2.75, 3.05) is 33.7 Å². The van der Waals surface area contributed by atoms with Crippen LogP contribution in [0.5, 0.6) is 0 Å². The number of imidazole rings is 1. The molecule has 2 heterocycles. The molecule has 0 radical (unpaired) electrons. The predicted octanol–water partition coefficient (Wildman–Crippen LogP) is 3.61. The van der Waals surface area contributed by atoms with E-state index < -0.39 is 0 Å². The van der Waals surface area contributed by atoms with E-state index in [0.717, 1.165) is 45.1 Å². The highest BCUT2D eigenvalue weighted by molar-refractivity contribution is 14.0. The van der Waals surface area contributed by atoms with Crippen LogP contribution in [0.25, 0.3) is 0 Å². The van der Waals surface area contributed by atoms with Gasteiger partial charge in [-0.05, 0) is 37.1 Å². The average Bonchev–Trinajstić information content (AvgIpc) is 3.24. The number of nitrogens with zero attached hydrogens (tertiary/aromatic N) is 5. The van der Waals surface area contributed by atoms with Crippen molar-refractivity contribution in [3.8, 4) is 0 Å². The van der Waals surface area contributed by atoms with E-state index in [1.165, 1.54) is 11.1 Å². The zero-order chi connectivity index (χ0) is 19.9. The monoisotopic (exact) mass is 510 g/mol. The van der Waals surface area contributed by atoms with Gasteiger partial charge in [0.25, 0.3) is 0 Å². The van der Waals surface area contributed by atoms with Gasteiger partial charge in [-0.25, -0.2) is 4.98 Å². The number of piperidine rings is 1. The predicted molar refractivity (Wildman–Crippen MR) is 131 cm³/mol. The maximum atomic E-state index is 4.55. The summed E-state index contributed by atoms with van der Waals surface area (Å²) in [7, 11) is 4.03. The van der Waals surface area contributed by atoms with Crippen LogP contribution in [0.15, 0.2) is 48.0 Å². The number of likely N-dealkylation sites (tertiary alicyclic amines) is 1. The zero-order valence-corrected chi connectivity index (χ0v) is 20.4. The molecule has 1 aliphatic heterocycles. The van der Waals surface area contributed by atoms with Crippen LogP contribution in [-0.4, -0.2) is 59.0 Å². The van der Waals surface area contributed by atoms with Crippen LogP contribution in [0, 0.1) is 5.92 Å². The van der Waals surface area contributed by atoms with Crippen molar-refractivity contribution in [2.45, 2.75) is 39.4 Å². The average molecular weight is 510 g/mol. The number of aromatic nitrogens is 2. The number of guanidine groups is 1. The minimum absolute atomic E-state index is 0. The maximum Gasteiger partial charge on any atom is 0.193 e. The molecule has 6 nitrogen and oxygen atoms in total. The minimum Gasteiger partial charge on any atom is -0.352 e. The molecule has 0 bridgehead atoms. The van der Waals surface area contributed by atoms with E-state index in [0.29, 0.717) is 12.0 Å². The Labute approximate surface area is 192 Å². The molecule has 1 N–H and O–H groups in total. The largest absolute Gasteiger partial charge is 0.352 e. The van der Waals surface area contributed by atoms with Crippen LogP contribution in [0.1, 0.15) is 37.4 Å². The fourth-order valence-electron chi connectivity index (χ4n) is 3.87. The van der Waals surface area contributed by atoms with Gasteiger partial charge in [0.1, 0.15) is 0 Å². The molecule has 2 atom stereocenters. The Morgan fingerprint density at radius 3 is 2.83 bits per heavy atom. The molecule has 0 amide bonds. The molecule has 2 aromatic rings. The topological polar surface area (TPSA) is 48.7 Å². The molecular weight excluding hydrogens is 475 g/mol. The fraction of sp³-hybridized carbons (Fsp3) is 0.545. The molecule has 160 valence electrons. The van der Waals surface area contributed by atoms with Crippen molar-refractivity contribution in [2.24, 2.45) is 10.9 Å². The van der Waals surface area contributed by atoms with Crippen LogP contribution in [0.2, 0.25) is 0 Å². The maximum absolute atomic E-state index is 4.55. The summed E-state index contributed by atoms with van der Waals surface area (Å²) in [5.41, 5.74) is 2.64. The Morgan fingerprint density at radius 1 is 1.34 bits per heavy atom. The molecule has 29 heavy (non-hydrogen) atoms. The van der Waals surface area contributed by atoms with E-state index in [1.54, 1.807) is 0 Å². The first-order valence-electron chi connectivity index (χ1n) is 10.3. The molecule has 1 saturated heterocycles. The van der Waals surface area contributed by atoms with E-state index in [1.807, 2.05) is 19.6 Å². The number of rotatable bonds is 6. The third-order valence-corrected chi connectivity index (χ3v) is 5.77. The van der Waals surface area contributed by atoms with Gasteiger partial charge >= 0.3 is 0 Å². The molecule has 1 fully saturated rings. The van der Waals surface area contributed by atoms with Crippen LogP contribution >= 0.6 is 24.0 Å². The summed E-state index contributed by atoms with van der Waals surface area (Å²) >= 11 is 0. The van der Waals surface area contributed by atoms with Crippen molar-refractivity contribution in [3.05, 3.63) is 54.1 Å². The van der Waals surface area contributed by atoms with Crippen LogP contribution in [-0.2, 0) is 13.1 Å².